The van der Waals surface area contributed by atoms with Crippen LogP contribution in [-0.2, 0) is 15.0 Å². The SMILES string of the molecule is CC1CCCCN1S(=O)(=O)NC(C(=O)O)c1ccccc1. The first-order valence-electron chi connectivity index (χ1n) is 6.98. The third kappa shape index (κ3) is 3.81. The van der Waals surface area contributed by atoms with Gasteiger partial charge in [-0.3, -0.25) is 4.79 Å². The zero-order valence-electron chi connectivity index (χ0n) is 11.9. The second-order valence-corrected chi connectivity index (χ2v) is 6.92. The Labute approximate surface area is 125 Å². The van der Waals surface area contributed by atoms with E-state index in [1.54, 1.807) is 30.3 Å². The second kappa shape index (κ2) is 6.55. The molecule has 1 aliphatic rings. The van der Waals surface area contributed by atoms with E-state index in [-0.39, 0.29) is 6.04 Å². The number of rotatable bonds is 5. The lowest BCUT2D eigenvalue weighted by Gasteiger charge is -2.33. The molecule has 116 valence electrons. The lowest BCUT2D eigenvalue weighted by atomic mass is 10.1. The smallest absolute Gasteiger partial charge is 0.326 e. The molecule has 1 fully saturated rings. The largest absolute Gasteiger partial charge is 0.480 e. The second-order valence-electron chi connectivity index (χ2n) is 5.26. The number of piperidine rings is 1. The normalized spacial score (nSPS) is 21.9. The lowest BCUT2D eigenvalue weighted by molar-refractivity contribution is -0.139. The molecule has 0 aliphatic carbocycles. The fraction of sp³-hybridized carbons (Fsp3) is 0.500. The fourth-order valence-corrected chi connectivity index (χ4v) is 4.17. The van der Waals surface area contributed by atoms with Crippen LogP contribution in [0.1, 0.15) is 37.8 Å². The van der Waals surface area contributed by atoms with Crippen LogP contribution in [0.25, 0.3) is 0 Å². The van der Waals surface area contributed by atoms with Crippen molar-refractivity contribution in [2.24, 2.45) is 0 Å². The summed E-state index contributed by atoms with van der Waals surface area (Å²) in [5.74, 6) is -1.21. The third-order valence-electron chi connectivity index (χ3n) is 3.70. The number of carbonyl (C=O) groups is 1. The van der Waals surface area contributed by atoms with Gasteiger partial charge in [0.1, 0.15) is 6.04 Å². The molecule has 0 amide bonds. The first-order valence-corrected chi connectivity index (χ1v) is 8.42. The molecule has 0 aromatic heterocycles. The highest BCUT2D eigenvalue weighted by Crippen LogP contribution is 2.21. The van der Waals surface area contributed by atoms with Gasteiger partial charge in [0.25, 0.3) is 10.2 Å². The molecule has 6 nitrogen and oxygen atoms in total. The number of carboxylic acids is 1. The summed E-state index contributed by atoms with van der Waals surface area (Å²) in [6.07, 6.45) is 2.59. The summed E-state index contributed by atoms with van der Waals surface area (Å²) in [4.78, 5) is 11.4. The van der Waals surface area contributed by atoms with E-state index in [2.05, 4.69) is 4.72 Å². The molecule has 1 saturated heterocycles. The van der Waals surface area contributed by atoms with Crippen LogP contribution in [0.5, 0.6) is 0 Å². The van der Waals surface area contributed by atoms with Gasteiger partial charge in [0.2, 0.25) is 0 Å². The van der Waals surface area contributed by atoms with E-state index in [0.717, 1.165) is 19.3 Å². The van der Waals surface area contributed by atoms with Gasteiger partial charge in [-0.2, -0.15) is 17.4 Å². The Morgan fingerprint density at radius 2 is 2.00 bits per heavy atom. The van der Waals surface area contributed by atoms with Crippen molar-refractivity contribution in [1.29, 1.82) is 0 Å². The summed E-state index contributed by atoms with van der Waals surface area (Å²) in [5, 5.41) is 9.31. The molecular weight excluding hydrogens is 292 g/mol. The summed E-state index contributed by atoms with van der Waals surface area (Å²) in [6.45, 7) is 2.27. The van der Waals surface area contributed by atoms with E-state index in [4.69, 9.17) is 0 Å². The maximum absolute atomic E-state index is 12.4. The van der Waals surface area contributed by atoms with Crippen LogP contribution in [0.2, 0.25) is 0 Å². The van der Waals surface area contributed by atoms with Crippen molar-refractivity contribution in [3.8, 4) is 0 Å². The molecule has 1 aliphatic heterocycles. The zero-order chi connectivity index (χ0) is 15.5. The van der Waals surface area contributed by atoms with Gasteiger partial charge in [-0.1, -0.05) is 36.8 Å². The molecule has 2 N–H and O–H groups in total. The summed E-state index contributed by atoms with van der Waals surface area (Å²) in [5.41, 5.74) is 0.415. The number of hydrogen-bond acceptors (Lipinski definition) is 3. The first-order chi connectivity index (χ1) is 9.92. The maximum Gasteiger partial charge on any atom is 0.326 e. The highest BCUT2D eigenvalue weighted by Gasteiger charge is 2.33. The Kier molecular flexibility index (Phi) is 4.97. The van der Waals surface area contributed by atoms with Gasteiger partial charge < -0.3 is 5.11 Å². The molecule has 0 spiro atoms. The van der Waals surface area contributed by atoms with Gasteiger partial charge in [-0.25, -0.2) is 0 Å². The standard InChI is InChI=1S/C14H20N2O4S/c1-11-7-5-6-10-16(11)21(19,20)15-13(14(17)18)12-8-3-2-4-9-12/h2-4,8-9,11,13,15H,5-7,10H2,1H3,(H,17,18). The van der Waals surface area contributed by atoms with E-state index in [9.17, 15) is 18.3 Å². The predicted molar refractivity (Wildman–Crippen MR) is 78.9 cm³/mol. The van der Waals surface area contributed by atoms with Crippen LogP contribution in [0.4, 0.5) is 0 Å². The Morgan fingerprint density at radius 3 is 2.57 bits per heavy atom. The molecule has 7 heteroatoms. The molecule has 2 atom stereocenters. The first kappa shape index (κ1) is 15.9. The maximum atomic E-state index is 12.4. The van der Waals surface area contributed by atoms with E-state index in [1.807, 2.05) is 6.92 Å². The van der Waals surface area contributed by atoms with Gasteiger partial charge in [0, 0.05) is 12.6 Å². The predicted octanol–water partition coefficient (Wildman–Crippen LogP) is 1.52. The molecule has 1 aromatic rings. The lowest BCUT2D eigenvalue weighted by Crippen LogP contribution is -2.49. The van der Waals surface area contributed by atoms with Crippen LogP contribution in [0, 0.1) is 0 Å². The van der Waals surface area contributed by atoms with Crippen molar-refractivity contribution in [2.45, 2.75) is 38.3 Å². The van der Waals surface area contributed by atoms with Crippen LogP contribution in [-0.4, -0.2) is 36.4 Å². The number of hydrogen-bond donors (Lipinski definition) is 2. The number of aliphatic carboxylic acids is 1. The molecule has 2 rings (SSSR count). The molecule has 0 saturated carbocycles. The van der Waals surface area contributed by atoms with Crippen LogP contribution >= 0.6 is 0 Å². The molecule has 1 aromatic carbocycles. The van der Waals surface area contributed by atoms with Gasteiger partial charge in [-0.15, -0.1) is 0 Å². The molecule has 21 heavy (non-hydrogen) atoms. The van der Waals surface area contributed by atoms with E-state index in [0.29, 0.717) is 12.1 Å². The highest BCUT2D eigenvalue weighted by molar-refractivity contribution is 7.87. The monoisotopic (exact) mass is 312 g/mol. The van der Waals surface area contributed by atoms with Crippen LogP contribution in [0.3, 0.4) is 0 Å². The van der Waals surface area contributed by atoms with Crippen molar-refractivity contribution in [3.05, 3.63) is 35.9 Å². The van der Waals surface area contributed by atoms with E-state index in [1.165, 1.54) is 4.31 Å². The number of nitrogens with zero attached hydrogens (tertiary/aromatic N) is 1. The minimum absolute atomic E-state index is 0.110. The summed E-state index contributed by atoms with van der Waals surface area (Å²) in [6, 6.07) is 6.93. The summed E-state index contributed by atoms with van der Waals surface area (Å²) >= 11 is 0. The number of carboxylic acid groups (broad SMARTS) is 1. The van der Waals surface area contributed by atoms with Crippen molar-refractivity contribution >= 4 is 16.2 Å². The van der Waals surface area contributed by atoms with Gasteiger partial charge >= 0.3 is 5.97 Å². The van der Waals surface area contributed by atoms with Gasteiger partial charge in [-0.05, 0) is 25.3 Å². The van der Waals surface area contributed by atoms with Crippen molar-refractivity contribution in [3.63, 3.8) is 0 Å². The Balaban J connectivity index is 2.22. The van der Waals surface area contributed by atoms with Gasteiger partial charge in [0.05, 0.1) is 0 Å². The summed E-state index contributed by atoms with van der Waals surface area (Å²) < 4.78 is 28.5. The fourth-order valence-electron chi connectivity index (χ4n) is 2.55. The van der Waals surface area contributed by atoms with Crippen LogP contribution < -0.4 is 4.72 Å². The molecular formula is C14H20N2O4S. The topological polar surface area (TPSA) is 86.7 Å². The molecule has 0 radical (unpaired) electrons. The van der Waals surface area contributed by atoms with E-state index < -0.39 is 22.2 Å². The summed E-state index contributed by atoms with van der Waals surface area (Å²) in [7, 11) is -3.82. The van der Waals surface area contributed by atoms with Crippen molar-refractivity contribution in [1.82, 2.24) is 9.03 Å². The number of nitrogens with one attached hydrogen (secondary N) is 1. The average molecular weight is 312 g/mol. The Bertz CT molecular complexity index is 588. The molecule has 2 unspecified atom stereocenters. The highest BCUT2D eigenvalue weighted by atomic mass is 32.2. The minimum Gasteiger partial charge on any atom is -0.480 e. The zero-order valence-corrected chi connectivity index (χ0v) is 12.7. The van der Waals surface area contributed by atoms with Gasteiger partial charge in [0.15, 0.2) is 0 Å². The van der Waals surface area contributed by atoms with Crippen molar-refractivity contribution in [2.75, 3.05) is 6.54 Å². The van der Waals surface area contributed by atoms with Crippen molar-refractivity contribution < 1.29 is 18.3 Å². The molecule has 1 heterocycles. The third-order valence-corrected chi connectivity index (χ3v) is 5.39. The average Bonchev–Trinajstić information content (AvgIpc) is 2.46. The number of benzene rings is 1. The van der Waals surface area contributed by atoms with Crippen LogP contribution in [0.15, 0.2) is 30.3 Å². The Hall–Kier alpha value is -1.44. The molecule has 0 bridgehead atoms. The Morgan fingerprint density at radius 1 is 1.33 bits per heavy atom. The van der Waals surface area contributed by atoms with E-state index >= 15 is 0 Å². The quantitative estimate of drug-likeness (QED) is 0.863. The minimum atomic E-state index is -3.82.